The number of amides is 2. The summed E-state index contributed by atoms with van der Waals surface area (Å²) in [4.78, 5) is 25.7. The number of rotatable bonds is 5. The molecule has 23 heavy (non-hydrogen) atoms. The molecule has 2 rings (SSSR count). The molecule has 1 heterocycles. The maximum Gasteiger partial charge on any atom is 0.265 e. The molecule has 0 radical (unpaired) electrons. The Labute approximate surface area is 139 Å². The van der Waals surface area contributed by atoms with Gasteiger partial charge >= 0.3 is 0 Å². The summed E-state index contributed by atoms with van der Waals surface area (Å²) in [6.07, 6.45) is 5.02. The van der Waals surface area contributed by atoms with Gasteiger partial charge in [0.2, 0.25) is 0 Å². The third-order valence-corrected chi connectivity index (χ3v) is 3.63. The van der Waals surface area contributed by atoms with Gasteiger partial charge in [0.15, 0.2) is 5.11 Å². The standard InChI is InChI=1S/C17H16N2O3S/c1-3-6-11-7-5-8-12(14(11)20)10-13-15(21)18-17(23)19(9-4-2)16(13)22/h3-5,7-8,10,20H,1-2,6,9H2,(H,18,21,23)/b13-10+. The van der Waals surface area contributed by atoms with Crippen LogP contribution in [0.5, 0.6) is 5.75 Å². The first kappa shape index (κ1) is 16.6. The van der Waals surface area contributed by atoms with Crippen LogP contribution in [0.2, 0.25) is 0 Å². The first-order chi connectivity index (χ1) is 11.0. The van der Waals surface area contributed by atoms with Crippen LogP contribution in [0.15, 0.2) is 49.1 Å². The lowest BCUT2D eigenvalue weighted by molar-refractivity contribution is -0.128. The second kappa shape index (κ2) is 7.02. The summed E-state index contributed by atoms with van der Waals surface area (Å²) in [7, 11) is 0. The van der Waals surface area contributed by atoms with Crippen LogP contribution in [0.3, 0.4) is 0 Å². The molecule has 0 unspecified atom stereocenters. The van der Waals surface area contributed by atoms with E-state index in [-0.39, 0.29) is 23.0 Å². The van der Waals surface area contributed by atoms with E-state index in [0.717, 1.165) is 0 Å². The minimum Gasteiger partial charge on any atom is -0.507 e. The van der Waals surface area contributed by atoms with Crippen molar-refractivity contribution in [1.82, 2.24) is 10.2 Å². The van der Waals surface area contributed by atoms with Crippen molar-refractivity contribution in [3.8, 4) is 5.75 Å². The SMILES string of the molecule is C=CCc1cccc(/C=C2\C(=O)NC(=S)N(CC=C)C2=O)c1O. The van der Waals surface area contributed by atoms with Gasteiger partial charge < -0.3 is 5.11 Å². The smallest absolute Gasteiger partial charge is 0.265 e. The number of allylic oxidation sites excluding steroid dienone is 1. The summed E-state index contributed by atoms with van der Waals surface area (Å²) in [6.45, 7) is 7.39. The van der Waals surface area contributed by atoms with Crippen molar-refractivity contribution in [2.24, 2.45) is 0 Å². The highest BCUT2D eigenvalue weighted by atomic mass is 32.1. The number of carbonyl (C=O) groups excluding carboxylic acids is 2. The van der Waals surface area contributed by atoms with Crippen LogP contribution in [0, 0.1) is 0 Å². The Bertz CT molecular complexity index is 737. The molecule has 6 heteroatoms. The normalized spacial score (nSPS) is 16.4. The number of nitrogens with zero attached hydrogens (tertiary/aromatic N) is 1. The van der Waals surface area contributed by atoms with Crippen LogP contribution in [0.1, 0.15) is 11.1 Å². The van der Waals surface area contributed by atoms with E-state index in [1.807, 2.05) is 0 Å². The summed E-state index contributed by atoms with van der Waals surface area (Å²) >= 11 is 4.98. The third kappa shape index (κ3) is 3.37. The zero-order valence-corrected chi connectivity index (χ0v) is 13.2. The summed E-state index contributed by atoms with van der Waals surface area (Å²) in [5, 5.41) is 12.8. The van der Waals surface area contributed by atoms with Gasteiger partial charge in [-0.15, -0.1) is 13.2 Å². The van der Waals surface area contributed by atoms with E-state index in [1.165, 1.54) is 17.1 Å². The molecule has 0 aliphatic carbocycles. The van der Waals surface area contributed by atoms with Crippen LogP contribution >= 0.6 is 12.2 Å². The van der Waals surface area contributed by atoms with E-state index in [1.54, 1.807) is 24.3 Å². The fourth-order valence-corrected chi connectivity index (χ4v) is 2.44. The summed E-state index contributed by atoms with van der Waals surface area (Å²) in [5.74, 6) is -1.09. The zero-order chi connectivity index (χ0) is 17.0. The number of phenols is 1. The fraction of sp³-hybridized carbons (Fsp3) is 0.118. The van der Waals surface area contributed by atoms with Crippen molar-refractivity contribution >= 4 is 35.2 Å². The van der Waals surface area contributed by atoms with Crippen molar-refractivity contribution < 1.29 is 14.7 Å². The number of nitrogens with one attached hydrogen (secondary N) is 1. The molecule has 0 bridgehead atoms. The quantitative estimate of drug-likeness (QED) is 0.375. The number of carbonyl (C=O) groups is 2. The van der Waals surface area contributed by atoms with Gasteiger partial charge in [0.05, 0.1) is 0 Å². The minimum absolute atomic E-state index is 0.0175. The molecule has 1 aromatic carbocycles. The fourth-order valence-electron chi connectivity index (χ4n) is 2.19. The van der Waals surface area contributed by atoms with Gasteiger partial charge in [-0.05, 0) is 30.3 Å². The average molecular weight is 328 g/mol. The Balaban J connectivity index is 2.45. The van der Waals surface area contributed by atoms with E-state index in [2.05, 4.69) is 18.5 Å². The van der Waals surface area contributed by atoms with Gasteiger partial charge in [0.25, 0.3) is 11.8 Å². The molecule has 1 aromatic rings. The Morgan fingerprint density at radius 1 is 1.26 bits per heavy atom. The summed E-state index contributed by atoms with van der Waals surface area (Å²) in [5.41, 5.74) is 0.956. The molecule has 0 spiro atoms. The maximum atomic E-state index is 12.4. The highest BCUT2D eigenvalue weighted by Crippen LogP contribution is 2.26. The topological polar surface area (TPSA) is 69.6 Å². The largest absolute Gasteiger partial charge is 0.507 e. The molecule has 5 nitrogen and oxygen atoms in total. The number of hydrogen-bond donors (Lipinski definition) is 2. The van der Waals surface area contributed by atoms with Crippen molar-refractivity contribution in [1.29, 1.82) is 0 Å². The molecule has 118 valence electrons. The van der Waals surface area contributed by atoms with Crippen LogP contribution in [-0.4, -0.2) is 33.5 Å². The van der Waals surface area contributed by atoms with E-state index in [9.17, 15) is 14.7 Å². The van der Waals surface area contributed by atoms with Gasteiger partial charge in [-0.2, -0.15) is 0 Å². The first-order valence-electron chi connectivity index (χ1n) is 6.91. The van der Waals surface area contributed by atoms with Crippen LogP contribution in [-0.2, 0) is 16.0 Å². The van der Waals surface area contributed by atoms with Crippen molar-refractivity contribution in [2.45, 2.75) is 6.42 Å². The number of para-hydroxylation sites is 1. The Morgan fingerprint density at radius 2 is 2.00 bits per heavy atom. The molecular formula is C17H16N2O3S. The number of aromatic hydroxyl groups is 1. The zero-order valence-electron chi connectivity index (χ0n) is 12.4. The molecule has 1 fully saturated rings. The highest BCUT2D eigenvalue weighted by Gasteiger charge is 2.32. The predicted octanol–water partition coefficient (Wildman–Crippen LogP) is 1.93. The monoisotopic (exact) mass is 328 g/mol. The van der Waals surface area contributed by atoms with Gasteiger partial charge in [0, 0.05) is 12.1 Å². The molecule has 0 atom stereocenters. The van der Waals surface area contributed by atoms with Crippen LogP contribution in [0.4, 0.5) is 0 Å². The molecule has 1 saturated heterocycles. The molecule has 1 aliphatic rings. The molecule has 1 aliphatic heterocycles. The number of phenolic OH excluding ortho intramolecular Hbond substituents is 1. The molecule has 0 saturated carbocycles. The highest BCUT2D eigenvalue weighted by molar-refractivity contribution is 7.80. The van der Waals surface area contributed by atoms with E-state index in [4.69, 9.17) is 12.2 Å². The molecule has 2 amide bonds. The Morgan fingerprint density at radius 3 is 2.65 bits per heavy atom. The van der Waals surface area contributed by atoms with Crippen LogP contribution in [0.25, 0.3) is 6.08 Å². The summed E-state index contributed by atoms with van der Waals surface area (Å²) in [6, 6.07) is 5.11. The minimum atomic E-state index is -0.589. The van der Waals surface area contributed by atoms with Crippen molar-refractivity contribution in [3.05, 3.63) is 60.2 Å². The van der Waals surface area contributed by atoms with E-state index in [0.29, 0.717) is 17.5 Å². The van der Waals surface area contributed by atoms with Gasteiger partial charge in [0.1, 0.15) is 11.3 Å². The Kier molecular flexibility index (Phi) is 5.08. The molecule has 2 N–H and O–H groups in total. The summed E-state index contributed by atoms with van der Waals surface area (Å²) < 4.78 is 0. The number of thiocarbonyl (C=S) groups is 1. The van der Waals surface area contributed by atoms with Gasteiger partial charge in [-0.25, -0.2) is 0 Å². The van der Waals surface area contributed by atoms with Gasteiger partial charge in [-0.3, -0.25) is 19.8 Å². The van der Waals surface area contributed by atoms with Gasteiger partial charge in [-0.1, -0.05) is 30.4 Å². The maximum absolute atomic E-state index is 12.4. The number of hydrogen-bond acceptors (Lipinski definition) is 4. The number of benzene rings is 1. The third-order valence-electron chi connectivity index (χ3n) is 3.31. The second-order valence-corrected chi connectivity index (χ2v) is 5.26. The van der Waals surface area contributed by atoms with Crippen molar-refractivity contribution in [2.75, 3.05) is 6.54 Å². The lowest BCUT2D eigenvalue weighted by Crippen LogP contribution is -2.53. The molecular weight excluding hydrogens is 312 g/mol. The lowest BCUT2D eigenvalue weighted by atomic mass is 10.0. The first-order valence-corrected chi connectivity index (χ1v) is 7.32. The second-order valence-electron chi connectivity index (χ2n) is 4.87. The van der Waals surface area contributed by atoms with E-state index < -0.39 is 11.8 Å². The Hall–Kier alpha value is -2.73. The van der Waals surface area contributed by atoms with Crippen LogP contribution < -0.4 is 5.32 Å². The van der Waals surface area contributed by atoms with E-state index >= 15 is 0 Å². The van der Waals surface area contributed by atoms with Crippen molar-refractivity contribution in [3.63, 3.8) is 0 Å². The average Bonchev–Trinajstić information content (AvgIpc) is 2.51. The molecule has 0 aromatic heterocycles. The predicted molar refractivity (Wildman–Crippen MR) is 92.6 cm³/mol. The lowest BCUT2D eigenvalue weighted by Gasteiger charge is -2.27.